The van der Waals surface area contributed by atoms with Crippen molar-refractivity contribution in [3.05, 3.63) is 0 Å². The van der Waals surface area contributed by atoms with Crippen molar-refractivity contribution in [3.8, 4) is 0 Å². The molecule has 68 heavy (non-hydrogen) atoms. The predicted octanol–water partition coefficient (Wildman–Crippen LogP) is 4.17. The Morgan fingerprint density at radius 1 is 0.250 bits per heavy atom. The van der Waals surface area contributed by atoms with Gasteiger partial charge in [0.25, 0.3) is 0 Å². The first kappa shape index (κ1) is 69.7. The quantitative estimate of drug-likeness (QED) is 0.0627. The smallest absolute Gasteiger partial charge is 0.382 e. The highest BCUT2D eigenvalue weighted by Gasteiger charge is 2.40. The van der Waals surface area contributed by atoms with Crippen molar-refractivity contribution in [1.82, 2.24) is 9.80 Å². The standard InChI is InChI=1S/2C23H51NO9Si/c2*1-6-31-34(32-7-2,33-8-3)23-9-10-24(11-13-27-19-21-29-17-15-25-4)12-14-28-20-22-30-18-16-26-5/h2*6-23H2,1-5H3. The molecule has 0 aliphatic rings. The molecule has 0 bridgehead atoms. The number of hydrogen-bond acceptors (Lipinski definition) is 20. The van der Waals surface area contributed by atoms with Gasteiger partial charge in [-0.2, -0.15) is 0 Å². The van der Waals surface area contributed by atoms with Gasteiger partial charge in [-0.3, -0.25) is 9.80 Å². The van der Waals surface area contributed by atoms with Gasteiger partial charge in [0, 0.05) is 106 Å². The minimum absolute atomic E-state index is 0.570. The van der Waals surface area contributed by atoms with Crippen LogP contribution < -0.4 is 0 Å². The molecule has 0 saturated heterocycles. The molecule has 0 aliphatic heterocycles. The van der Waals surface area contributed by atoms with Gasteiger partial charge in [-0.05, 0) is 67.5 Å². The van der Waals surface area contributed by atoms with Crippen LogP contribution in [0.3, 0.4) is 0 Å². The first-order valence-corrected chi connectivity index (χ1v) is 29.1. The molecule has 0 unspecified atom stereocenters. The topological polar surface area (TPSA) is 173 Å². The van der Waals surface area contributed by atoms with E-state index < -0.39 is 17.6 Å². The second kappa shape index (κ2) is 55.9. The zero-order chi connectivity index (χ0) is 50.3. The molecule has 20 nitrogen and oxygen atoms in total. The van der Waals surface area contributed by atoms with E-state index in [-0.39, 0.29) is 0 Å². The van der Waals surface area contributed by atoms with Crippen molar-refractivity contribution in [1.29, 1.82) is 0 Å². The monoisotopic (exact) mass is 1030 g/mol. The molecule has 0 spiro atoms. The summed E-state index contributed by atoms with van der Waals surface area (Å²) in [6.07, 6.45) is 1.85. The van der Waals surface area contributed by atoms with E-state index in [1.807, 2.05) is 41.5 Å². The van der Waals surface area contributed by atoms with E-state index in [4.69, 9.17) is 83.4 Å². The van der Waals surface area contributed by atoms with Crippen molar-refractivity contribution >= 4 is 17.6 Å². The van der Waals surface area contributed by atoms with Gasteiger partial charge in [-0.15, -0.1) is 0 Å². The molecule has 0 saturated carbocycles. The van der Waals surface area contributed by atoms with E-state index in [0.717, 1.165) is 64.2 Å². The molecule has 22 heteroatoms. The normalized spacial score (nSPS) is 12.2. The third-order valence-corrected chi connectivity index (χ3v) is 15.8. The highest BCUT2D eigenvalue weighted by Crippen LogP contribution is 2.20. The lowest BCUT2D eigenvalue weighted by Gasteiger charge is -2.29. The van der Waals surface area contributed by atoms with Crippen LogP contribution in [-0.4, -0.2) is 267 Å². The summed E-state index contributed by atoms with van der Waals surface area (Å²) < 4.78 is 100. The SMILES string of the molecule is CCO[Si](CCCN(CCOCCOCCOC)CCOCCOCCOC)(OCC)OCC.CCO[Si](CCCN(CCOCCOCCOC)CCOCCOCCOC)(OCC)OCC. The van der Waals surface area contributed by atoms with Crippen LogP contribution in [0.4, 0.5) is 0 Å². The van der Waals surface area contributed by atoms with Gasteiger partial charge in [0.05, 0.1) is 132 Å². The Bertz CT molecular complexity index is 819. The van der Waals surface area contributed by atoms with Crippen LogP contribution in [-0.2, 0) is 83.4 Å². The summed E-state index contributed by atoms with van der Waals surface area (Å²) in [7, 11) is 1.40. The Morgan fingerprint density at radius 2 is 0.441 bits per heavy atom. The largest absolute Gasteiger partial charge is 0.500 e. The molecular formula is C46H102N2O18Si2. The fourth-order valence-corrected chi connectivity index (χ4v) is 11.5. The fourth-order valence-electron chi connectivity index (χ4n) is 6.34. The summed E-state index contributed by atoms with van der Waals surface area (Å²) in [6, 6.07) is 1.59. The van der Waals surface area contributed by atoms with Crippen molar-refractivity contribution < 1.29 is 83.4 Å². The molecule has 0 heterocycles. The average molecular weight is 1030 g/mol. The Balaban J connectivity index is 0. The summed E-state index contributed by atoms with van der Waals surface area (Å²) in [5, 5.41) is 0. The summed E-state index contributed by atoms with van der Waals surface area (Å²) in [6.45, 7) is 32.4. The maximum absolute atomic E-state index is 5.98. The zero-order valence-corrected chi connectivity index (χ0v) is 46.7. The summed E-state index contributed by atoms with van der Waals surface area (Å²) in [4.78, 5) is 4.70. The Morgan fingerprint density at radius 3 is 0.632 bits per heavy atom. The molecular weight excluding hydrogens is 925 g/mol. The summed E-state index contributed by atoms with van der Waals surface area (Å²) in [5.74, 6) is 0. The van der Waals surface area contributed by atoms with Gasteiger partial charge in [0.1, 0.15) is 0 Å². The summed E-state index contributed by atoms with van der Waals surface area (Å²) in [5.41, 5.74) is 0. The second-order valence-corrected chi connectivity index (χ2v) is 20.2. The van der Waals surface area contributed by atoms with Gasteiger partial charge < -0.3 is 83.4 Å². The minimum atomic E-state index is -2.63. The van der Waals surface area contributed by atoms with Crippen LogP contribution in [0, 0.1) is 0 Å². The molecule has 0 atom stereocenters. The van der Waals surface area contributed by atoms with Crippen LogP contribution in [0.5, 0.6) is 0 Å². The second-order valence-electron chi connectivity index (χ2n) is 14.7. The first-order valence-electron chi connectivity index (χ1n) is 25.2. The number of methoxy groups -OCH3 is 4. The molecule has 0 radical (unpaired) electrons. The van der Waals surface area contributed by atoms with Gasteiger partial charge in [0.15, 0.2) is 0 Å². The van der Waals surface area contributed by atoms with Crippen molar-refractivity contribution in [2.24, 2.45) is 0 Å². The van der Waals surface area contributed by atoms with Crippen molar-refractivity contribution in [2.45, 2.75) is 66.5 Å². The molecule has 0 N–H and O–H groups in total. The van der Waals surface area contributed by atoms with E-state index >= 15 is 0 Å². The van der Waals surface area contributed by atoms with Crippen LogP contribution >= 0.6 is 0 Å². The van der Waals surface area contributed by atoms with E-state index in [2.05, 4.69) is 9.80 Å². The Hall–Kier alpha value is -0.366. The van der Waals surface area contributed by atoms with Gasteiger partial charge >= 0.3 is 17.6 Å². The number of hydrogen-bond donors (Lipinski definition) is 0. The first-order chi connectivity index (χ1) is 33.3. The molecule has 0 aliphatic carbocycles. The minimum Gasteiger partial charge on any atom is -0.382 e. The van der Waals surface area contributed by atoms with Gasteiger partial charge in [-0.1, -0.05) is 0 Å². The van der Waals surface area contributed by atoms with Crippen molar-refractivity contribution in [2.75, 3.05) is 239 Å². The number of rotatable bonds is 56. The van der Waals surface area contributed by atoms with E-state index in [9.17, 15) is 0 Å². The highest BCUT2D eigenvalue weighted by atomic mass is 28.4. The van der Waals surface area contributed by atoms with Crippen LogP contribution in [0.15, 0.2) is 0 Å². The highest BCUT2D eigenvalue weighted by molar-refractivity contribution is 6.61. The van der Waals surface area contributed by atoms with E-state index in [1.54, 1.807) is 28.4 Å². The van der Waals surface area contributed by atoms with Crippen molar-refractivity contribution in [3.63, 3.8) is 0 Å². The molecule has 0 aromatic rings. The molecule has 0 amide bonds. The fraction of sp³-hybridized carbons (Fsp3) is 1.00. The Kier molecular flexibility index (Phi) is 57.3. The lowest BCUT2D eigenvalue weighted by molar-refractivity contribution is 0.00909. The predicted molar refractivity (Wildman–Crippen MR) is 267 cm³/mol. The third kappa shape index (κ3) is 45.5. The van der Waals surface area contributed by atoms with Crippen LogP contribution in [0.1, 0.15) is 54.4 Å². The Labute approximate surface area is 415 Å². The maximum atomic E-state index is 5.98. The van der Waals surface area contributed by atoms with Crippen LogP contribution in [0.2, 0.25) is 12.1 Å². The maximum Gasteiger partial charge on any atom is 0.500 e. The van der Waals surface area contributed by atoms with E-state index in [1.165, 1.54) is 0 Å². The zero-order valence-electron chi connectivity index (χ0n) is 44.7. The molecule has 412 valence electrons. The number of ether oxygens (including phenoxy) is 12. The summed E-state index contributed by atoms with van der Waals surface area (Å²) >= 11 is 0. The molecule has 0 fully saturated rings. The lowest BCUT2D eigenvalue weighted by atomic mass is 10.4. The molecule has 0 rings (SSSR count). The van der Waals surface area contributed by atoms with Crippen LogP contribution in [0.25, 0.3) is 0 Å². The molecule has 0 aromatic heterocycles. The number of nitrogens with zero attached hydrogens (tertiary/aromatic N) is 2. The van der Waals surface area contributed by atoms with Gasteiger partial charge in [-0.25, -0.2) is 0 Å². The van der Waals surface area contributed by atoms with Gasteiger partial charge in [0.2, 0.25) is 0 Å². The van der Waals surface area contributed by atoms with E-state index in [0.29, 0.717) is 172 Å². The lowest BCUT2D eigenvalue weighted by Crippen LogP contribution is -2.46. The molecule has 0 aromatic carbocycles. The third-order valence-electron chi connectivity index (χ3n) is 9.52. The average Bonchev–Trinajstić information content (AvgIpc) is 3.32.